The van der Waals surface area contributed by atoms with Crippen LogP contribution in [0.3, 0.4) is 0 Å². The lowest BCUT2D eigenvalue weighted by Crippen LogP contribution is -2.15. The van der Waals surface area contributed by atoms with Gasteiger partial charge in [0.1, 0.15) is 4.90 Å². The summed E-state index contributed by atoms with van der Waals surface area (Å²) in [5, 5.41) is 6.27. The predicted molar refractivity (Wildman–Crippen MR) is 80.4 cm³/mol. The SMILES string of the molecule is Cc1[nH]ncc1S(=O)(=O)Nc1c(N)cc(Br)cc1Br. The maximum atomic E-state index is 12.2. The summed E-state index contributed by atoms with van der Waals surface area (Å²) in [4.78, 5) is 0.0849. The molecule has 0 amide bonds. The van der Waals surface area contributed by atoms with Gasteiger partial charge in [-0.25, -0.2) is 8.42 Å². The van der Waals surface area contributed by atoms with Gasteiger partial charge in [0.15, 0.2) is 0 Å². The zero-order valence-corrected chi connectivity index (χ0v) is 13.7. The van der Waals surface area contributed by atoms with Gasteiger partial charge in [-0.05, 0) is 35.0 Å². The zero-order valence-electron chi connectivity index (χ0n) is 9.74. The molecule has 0 saturated heterocycles. The van der Waals surface area contributed by atoms with Crippen molar-refractivity contribution in [1.29, 1.82) is 0 Å². The quantitative estimate of drug-likeness (QED) is 0.678. The van der Waals surface area contributed by atoms with E-state index in [-0.39, 0.29) is 4.90 Å². The molecule has 0 spiro atoms. The van der Waals surface area contributed by atoms with E-state index in [0.29, 0.717) is 21.5 Å². The number of aromatic amines is 1. The van der Waals surface area contributed by atoms with Crippen LogP contribution in [0.5, 0.6) is 0 Å². The van der Waals surface area contributed by atoms with Gasteiger partial charge < -0.3 is 5.73 Å². The molecule has 0 atom stereocenters. The van der Waals surface area contributed by atoms with Crippen molar-refractivity contribution in [3.8, 4) is 0 Å². The third-order valence-corrected chi connectivity index (χ3v) is 4.94. The van der Waals surface area contributed by atoms with Crippen LogP contribution in [0.2, 0.25) is 0 Å². The Kier molecular flexibility index (Phi) is 3.88. The second-order valence-electron chi connectivity index (χ2n) is 3.82. The summed E-state index contributed by atoms with van der Waals surface area (Å²) in [6.07, 6.45) is 1.25. The molecule has 4 N–H and O–H groups in total. The van der Waals surface area contributed by atoms with Crippen molar-refractivity contribution >= 4 is 53.3 Å². The van der Waals surface area contributed by atoms with E-state index in [1.165, 1.54) is 6.20 Å². The smallest absolute Gasteiger partial charge is 0.265 e. The molecule has 0 saturated carbocycles. The van der Waals surface area contributed by atoms with Crippen LogP contribution in [0.25, 0.3) is 0 Å². The number of sulfonamides is 1. The second kappa shape index (κ2) is 5.14. The molecule has 0 aliphatic rings. The third-order valence-electron chi connectivity index (χ3n) is 2.40. The van der Waals surface area contributed by atoms with E-state index in [0.717, 1.165) is 4.47 Å². The highest BCUT2D eigenvalue weighted by atomic mass is 79.9. The summed E-state index contributed by atoms with van der Waals surface area (Å²) in [5.41, 5.74) is 6.87. The Labute approximate surface area is 127 Å². The Bertz CT molecular complexity index is 704. The summed E-state index contributed by atoms with van der Waals surface area (Å²) in [7, 11) is -3.73. The monoisotopic (exact) mass is 408 g/mol. The van der Waals surface area contributed by atoms with Gasteiger partial charge >= 0.3 is 0 Å². The second-order valence-corrected chi connectivity index (χ2v) is 7.24. The summed E-state index contributed by atoms with van der Waals surface area (Å²) < 4.78 is 28.2. The van der Waals surface area contributed by atoms with Crippen LogP contribution in [0.15, 0.2) is 32.2 Å². The fourth-order valence-electron chi connectivity index (χ4n) is 1.50. The number of aromatic nitrogens is 2. The van der Waals surface area contributed by atoms with Crippen molar-refractivity contribution < 1.29 is 8.42 Å². The molecule has 0 bridgehead atoms. The number of nitrogens with two attached hydrogens (primary N) is 1. The number of rotatable bonds is 3. The first kappa shape index (κ1) is 14.4. The molecule has 102 valence electrons. The predicted octanol–water partition coefficient (Wildman–Crippen LogP) is 2.63. The standard InChI is InChI=1S/C10H10Br2N4O2S/c1-5-9(4-14-15-5)19(17,18)16-10-7(12)2-6(11)3-8(10)13/h2-4,16H,13H2,1H3,(H,14,15). The van der Waals surface area contributed by atoms with E-state index in [1.807, 2.05) is 0 Å². The lowest BCUT2D eigenvalue weighted by Gasteiger charge is -2.12. The van der Waals surface area contributed by atoms with E-state index >= 15 is 0 Å². The lowest BCUT2D eigenvalue weighted by atomic mass is 10.3. The molecule has 2 aromatic rings. The topological polar surface area (TPSA) is 101 Å². The van der Waals surface area contributed by atoms with E-state index in [4.69, 9.17) is 5.73 Å². The Morgan fingerprint density at radius 1 is 1.37 bits per heavy atom. The number of nitrogens with zero attached hydrogens (tertiary/aromatic N) is 1. The maximum Gasteiger partial charge on any atom is 0.265 e. The van der Waals surface area contributed by atoms with Crippen LogP contribution in [0.4, 0.5) is 11.4 Å². The molecule has 0 fully saturated rings. The van der Waals surface area contributed by atoms with E-state index in [2.05, 4.69) is 46.8 Å². The number of nitrogens with one attached hydrogen (secondary N) is 2. The van der Waals surface area contributed by atoms with Crippen LogP contribution >= 0.6 is 31.9 Å². The molecule has 1 aromatic carbocycles. The summed E-state index contributed by atoms with van der Waals surface area (Å²) in [6, 6.07) is 3.32. The summed E-state index contributed by atoms with van der Waals surface area (Å²) in [5.74, 6) is 0. The highest BCUT2D eigenvalue weighted by molar-refractivity contribution is 9.11. The van der Waals surface area contributed by atoms with Crippen molar-refractivity contribution in [1.82, 2.24) is 10.2 Å². The van der Waals surface area contributed by atoms with Crippen molar-refractivity contribution in [2.75, 3.05) is 10.5 Å². The molecule has 19 heavy (non-hydrogen) atoms. The van der Waals surface area contributed by atoms with Crippen molar-refractivity contribution in [3.63, 3.8) is 0 Å². The fraction of sp³-hybridized carbons (Fsp3) is 0.100. The summed E-state index contributed by atoms with van der Waals surface area (Å²) in [6.45, 7) is 1.63. The normalized spacial score (nSPS) is 11.5. The molecule has 9 heteroatoms. The first-order valence-electron chi connectivity index (χ1n) is 5.08. The summed E-state index contributed by atoms with van der Waals surface area (Å²) >= 11 is 6.55. The lowest BCUT2D eigenvalue weighted by molar-refractivity contribution is 0.600. The molecule has 0 radical (unpaired) electrons. The van der Waals surface area contributed by atoms with Crippen LogP contribution in [-0.2, 0) is 10.0 Å². The Morgan fingerprint density at radius 2 is 2.05 bits per heavy atom. The molecule has 2 rings (SSSR count). The Hall–Kier alpha value is -1.06. The minimum atomic E-state index is -3.73. The van der Waals surface area contributed by atoms with Gasteiger partial charge in [-0.15, -0.1) is 0 Å². The molecule has 0 aliphatic heterocycles. The zero-order chi connectivity index (χ0) is 14.2. The highest BCUT2D eigenvalue weighted by Gasteiger charge is 2.21. The minimum absolute atomic E-state index is 0.0849. The van der Waals surface area contributed by atoms with Crippen molar-refractivity contribution in [2.45, 2.75) is 11.8 Å². The van der Waals surface area contributed by atoms with Crippen LogP contribution in [0.1, 0.15) is 5.69 Å². The van der Waals surface area contributed by atoms with Crippen molar-refractivity contribution in [3.05, 3.63) is 33.0 Å². The number of hydrogen-bond donors (Lipinski definition) is 3. The van der Waals surface area contributed by atoms with E-state index in [1.54, 1.807) is 19.1 Å². The van der Waals surface area contributed by atoms with Gasteiger partial charge in [0.05, 0.1) is 23.3 Å². The largest absolute Gasteiger partial charge is 0.397 e. The molecule has 0 aliphatic carbocycles. The van der Waals surface area contributed by atoms with Crippen molar-refractivity contribution in [2.24, 2.45) is 0 Å². The molecule has 0 unspecified atom stereocenters. The molecule has 1 heterocycles. The molecule has 6 nitrogen and oxygen atoms in total. The van der Waals surface area contributed by atoms with Crippen LogP contribution < -0.4 is 10.5 Å². The minimum Gasteiger partial charge on any atom is -0.397 e. The molecular formula is C10H10Br2N4O2S. The highest BCUT2D eigenvalue weighted by Crippen LogP contribution is 2.34. The van der Waals surface area contributed by atoms with Gasteiger partial charge in [0.25, 0.3) is 10.0 Å². The van der Waals surface area contributed by atoms with Crippen LogP contribution in [0, 0.1) is 6.92 Å². The van der Waals surface area contributed by atoms with Gasteiger partial charge in [0.2, 0.25) is 0 Å². The number of nitrogen functional groups attached to an aromatic ring is 1. The number of H-pyrrole nitrogens is 1. The van der Waals surface area contributed by atoms with Crippen LogP contribution in [-0.4, -0.2) is 18.6 Å². The van der Waals surface area contributed by atoms with E-state index in [9.17, 15) is 8.42 Å². The first-order chi connectivity index (χ1) is 8.81. The number of halogens is 2. The number of hydrogen-bond acceptors (Lipinski definition) is 4. The first-order valence-corrected chi connectivity index (χ1v) is 8.15. The Balaban J connectivity index is 2.45. The van der Waals surface area contributed by atoms with Gasteiger partial charge in [0, 0.05) is 8.95 Å². The molecular weight excluding hydrogens is 400 g/mol. The third kappa shape index (κ3) is 2.93. The van der Waals surface area contributed by atoms with Gasteiger partial charge in [-0.2, -0.15) is 5.10 Å². The maximum absolute atomic E-state index is 12.2. The number of aryl methyl sites for hydroxylation is 1. The number of anilines is 2. The van der Waals surface area contributed by atoms with E-state index < -0.39 is 10.0 Å². The van der Waals surface area contributed by atoms with Gasteiger partial charge in [-0.1, -0.05) is 15.9 Å². The van der Waals surface area contributed by atoms with Gasteiger partial charge in [-0.3, -0.25) is 9.82 Å². The number of benzene rings is 1. The average Bonchev–Trinajstić information content (AvgIpc) is 2.70. The molecule has 1 aromatic heterocycles. The average molecular weight is 410 g/mol. The fourth-order valence-corrected chi connectivity index (χ4v) is 4.24. The Morgan fingerprint density at radius 3 is 2.58 bits per heavy atom.